The lowest BCUT2D eigenvalue weighted by Gasteiger charge is -2.21. The second-order valence-electron chi connectivity index (χ2n) is 6.42. The van der Waals surface area contributed by atoms with Crippen molar-refractivity contribution in [3.05, 3.63) is 35.9 Å². The lowest BCUT2D eigenvalue weighted by molar-refractivity contribution is -0.126. The minimum atomic E-state index is -0.197. The Balaban J connectivity index is 1.73. The molecule has 1 aliphatic carbocycles. The zero-order valence-electron chi connectivity index (χ0n) is 14.2. The van der Waals surface area contributed by atoms with E-state index in [-0.39, 0.29) is 36.8 Å². The van der Waals surface area contributed by atoms with Crippen LogP contribution in [-0.4, -0.2) is 30.1 Å². The van der Waals surface area contributed by atoms with Crippen LogP contribution < -0.4 is 10.6 Å². The quantitative estimate of drug-likeness (QED) is 0.683. The molecular formula is C19H28N2O3. The Kier molecular flexibility index (Phi) is 7.75. The zero-order valence-corrected chi connectivity index (χ0v) is 14.2. The van der Waals surface area contributed by atoms with E-state index in [9.17, 15) is 14.7 Å². The molecule has 0 heterocycles. The molecule has 0 bridgehead atoms. The summed E-state index contributed by atoms with van der Waals surface area (Å²) in [6, 6.07) is 9.42. The minimum Gasteiger partial charge on any atom is -0.396 e. The van der Waals surface area contributed by atoms with Crippen molar-refractivity contribution in [2.45, 2.75) is 51.0 Å². The Bertz CT molecular complexity index is 513. The normalized spacial score (nSPS) is 16.4. The molecule has 2 amide bonds. The van der Waals surface area contributed by atoms with Crippen LogP contribution in [0.1, 0.15) is 56.6 Å². The number of carbonyl (C=O) groups is 2. The maximum absolute atomic E-state index is 12.1. The van der Waals surface area contributed by atoms with E-state index in [4.69, 9.17) is 0 Å². The lowest BCUT2D eigenvalue weighted by Crippen LogP contribution is -2.36. The topological polar surface area (TPSA) is 78.4 Å². The van der Waals surface area contributed by atoms with E-state index >= 15 is 0 Å². The second-order valence-corrected chi connectivity index (χ2v) is 6.42. The maximum atomic E-state index is 12.1. The van der Waals surface area contributed by atoms with Crippen molar-refractivity contribution >= 4 is 11.8 Å². The Morgan fingerprint density at radius 2 is 1.83 bits per heavy atom. The molecule has 0 spiro atoms. The third-order valence-corrected chi connectivity index (χ3v) is 4.58. The molecule has 1 fully saturated rings. The second kappa shape index (κ2) is 10.1. The average molecular weight is 332 g/mol. The highest BCUT2D eigenvalue weighted by Gasteiger charge is 2.21. The van der Waals surface area contributed by atoms with E-state index in [1.165, 1.54) is 6.42 Å². The van der Waals surface area contributed by atoms with Crippen LogP contribution in [0.3, 0.4) is 0 Å². The molecule has 5 nitrogen and oxygen atoms in total. The number of rotatable bonds is 8. The smallest absolute Gasteiger partial charge is 0.223 e. The van der Waals surface area contributed by atoms with E-state index < -0.39 is 0 Å². The number of aliphatic hydroxyl groups excluding tert-OH is 1. The number of nitrogens with one attached hydrogen (secondary N) is 2. The van der Waals surface area contributed by atoms with Crippen LogP contribution in [0.15, 0.2) is 30.3 Å². The van der Waals surface area contributed by atoms with E-state index in [1.54, 1.807) is 0 Å². The molecule has 3 N–H and O–H groups in total. The lowest BCUT2D eigenvalue weighted by atomic mass is 9.89. The molecular weight excluding hydrogens is 304 g/mol. The fourth-order valence-corrected chi connectivity index (χ4v) is 3.21. The van der Waals surface area contributed by atoms with Crippen molar-refractivity contribution in [3.8, 4) is 0 Å². The van der Waals surface area contributed by atoms with Crippen molar-refractivity contribution in [1.82, 2.24) is 10.6 Å². The van der Waals surface area contributed by atoms with Gasteiger partial charge in [0.15, 0.2) is 0 Å². The molecule has 0 saturated heterocycles. The van der Waals surface area contributed by atoms with Crippen LogP contribution in [0.4, 0.5) is 0 Å². The van der Waals surface area contributed by atoms with Crippen LogP contribution in [0.5, 0.6) is 0 Å². The van der Waals surface area contributed by atoms with Crippen LogP contribution in [0, 0.1) is 5.92 Å². The molecule has 1 saturated carbocycles. The Hall–Kier alpha value is -1.88. The maximum Gasteiger partial charge on any atom is 0.223 e. The van der Waals surface area contributed by atoms with Crippen molar-refractivity contribution in [2.75, 3.05) is 13.2 Å². The predicted octanol–water partition coefficient (Wildman–Crippen LogP) is 2.31. The van der Waals surface area contributed by atoms with Crippen molar-refractivity contribution in [1.29, 1.82) is 0 Å². The summed E-state index contributed by atoms with van der Waals surface area (Å²) in [6.07, 6.45) is 6.13. The first-order valence-corrected chi connectivity index (χ1v) is 8.93. The molecule has 1 aromatic carbocycles. The Morgan fingerprint density at radius 3 is 2.50 bits per heavy atom. The highest BCUT2D eigenvalue weighted by molar-refractivity contribution is 5.80. The summed E-state index contributed by atoms with van der Waals surface area (Å²) in [4.78, 5) is 24.2. The molecule has 2 rings (SSSR count). The van der Waals surface area contributed by atoms with Crippen molar-refractivity contribution < 1.29 is 14.7 Å². The van der Waals surface area contributed by atoms with Gasteiger partial charge < -0.3 is 15.7 Å². The van der Waals surface area contributed by atoms with Gasteiger partial charge in [-0.1, -0.05) is 49.6 Å². The molecule has 1 aromatic rings. The van der Waals surface area contributed by atoms with Gasteiger partial charge in [0.25, 0.3) is 0 Å². The Labute approximate surface area is 143 Å². The minimum absolute atomic E-state index is 0.0122. The van der Waals surface area contributed by atoms with Gasteiger partial charge in [-0.3, -0.25) is 9.59 Å². The first-order chi connectivity index (χ1) is 11.7. The fourth-order valence-electron chi connectivity index (χ4n) is 3.21. The number of benzene rings is 1. The van der Waals surface area contributed by atoms with Gasteiger partial charge in [-0.2, -0.15) is 0 Å². The summed E-state index contributed by atoms with van der Waals surface area (Å²) in [5, 5.41) is 15.0. The molecule has 0 aliphatic heterocycles. The average Bonchev–Trinajstić information content (AvgIpc) is 2.63. The molecule has 0 aromatic heterocycles. The molecule has 24 heavy (non-hydrogen) atoms. The SMILES string of the molecule is O=C(CCNC(=O)C1CCCCC1)NC(CCO)c1ccccc1. The van der Waals surface area contributed by atoms with Crippen LogP contribution in [0.25, 0.3) is 0 Å². The fraction of sp³-hybridized carbons (Fsp3) is 0.579. The third kappa shape index (κ3) is 5.96. The summed E-state index contributed by atoms with van der Waals surface area (Å²) in [5.41, 5.74) is 0.978. The summed E-state index contributed by atoms with van der Waals surface area (Å²) in [5.74, 6) is 0.0898. The van der Waals surface area contributed by atoms with Crippen LogP contribution in [-0.2, 0) is 9.59 Å². The number of aliphatic hydroxyl groups is 1. The van der Waals surface area contributed by atoms with Crippen LogP contribution >= 0.6 is 0 Å². The standard InChI is InChI=1S/C19H28N2O3/c22-14-12-17(15-7-3-1-4-8-15)21-18(23)11-13-20-19(24)16-9-5-2-6-10-16/h1,3-4,7-8,16-17,22H,2,5-6,9-14H2,(H,20,24)(H,21,23). The first kappa shape index (κ1) is 18.5. The molecule has 1 atom stereocenters. The first-order valence-electron chi connectivity index (χ1n) is 8.93. The van der Waals surface area contributed by atoms with E-state index in [1.807, 2.05) is 30.3 Å². The van der Waals surface area contributed by atoms with Gasteiger partial charge in [-0.15, -0.1) is 0 Å². The highest BCUT2D eigenvalue weighted by Crippen LogP contribution is 2.23. The summed E-state index contributed by atoms with van der Waals surface area (Å²) < 4.78 is 0. The van der Waals surface area contributed by atoms with E-state index in [0.29, 0.717) is 13.0 Å². The van der Waals surface area contributed by atoms with Gasteiger partial charge in [0, 0.05) is 25.5 Å². The largest absolute Gasteiger partial charge is 0.396 e. The number of hydrogen-bond acceptors (Lipinski definition) is 3. The van der Waals surface area contributed by atoms with Crippen LogP contribution in [0.2, 0.25) is 0 Å². The van der Waals surface area contributed by atoms with Crippen molar-refractivity contribution in [2.24, 2.45) is 5.92 Å². The third-order valence-electron chi connectivity index (χ3n) is 4.58. The van der Waals surface area contributed by atoms with E-state index in [2.05, 4.69) is 10.6 Å². The van der Waals surface area contributed by atoms with Gasteiger partial charge in [0.1, 0.15) is 0 Å². The monoisotopic (exact) mass is 332 g/mol. The number of hydrogen-bond donors (Lipinski definition) is 3. The molecule has 1 unspecified atom stereocenters. The number of carbonyl (C=O) groups excluding carboxylic acids is 2. The summed E-state index contributed by atoms with van der Waals surface area (Å²) in [6.45, 7) is 0.375. The molecule has 5 heteroatoms. The number of amides is 2. The predicted molar refractivity (Wildman–Crippen MR) is 93.2 cm³/mol. The van der Waals surface area contributed by atoms with E-state index in [0.717, 1.165) is 31.2 Å². The Morgan fingerprint density at radius 1 is 1.12 bits per heavy atom. The summed E-state index contributed by atoms with van der Waals surface area (Å²) in [7, 11) is 0. The zero-order chi connectivity index (χ0) is 17.2. The highest BCUT2D eigenvalue weighted by atomic mass is 16.3. The summed E-state index contributed by atoms with van der Waals surface area (Å²) >= 11 is 0. The van der Waals surface area contributed by atoms with Crippen molar-refractivity contribution in [3.63, 3.8) is 0 Å². The van der Waals surface area contributed by atoms with Gasteiger partial charge in [0.05, 0.1) is 6.04 Å². The molecule has 0 radical (unpaired) electrons. The molecule has 132 valence electrons. The van der Waals surface area contributed by atoms with Gasteiger partial charge >= 0.3 is 0 Å². The van der Waals surface area contributed by atoms with Gasteiger partial charge in [-0.25, -0.2) is 0 Å². The van der Waals surface area contributed by atoms with Gasteiger partial charge in [0.2, 0.25) is 11.8 Å². The van der Waals surface area contributed by atoms with Gasteiger partial charge in [-0.05, 0) is 24.8 Å². The molecule has 1 aliphatic rings.